The number of halogens is 1. The van der Waals surface area contributed by atoms with E-state index in [9.17, 15) is 19.3 Å². The minimum Gasteiger partial charge on any atom is -0.336 e. The van der Waals surface area contributed by atoms with Crippen molar-refractivity contribution in [2.24, 2.45) is 5.92 Å². The molecule has 1 heterocycles. The molecule has 0 spiro atoms. The summed E-state index contributed by atoms with van der Waals surface area (Å²) in [6.07, 6.45) is 1.73. The normalized spacial score (nSPS) is 22.6. The number of carbonyl (C=O) groups excluding carboxylic acids is 1. The molecule has 1 aromatic rings. The van der Waals surface area contributed by atoms with Crippen LogP contribution in [0.25, 0.3) is 0 Å². The number of non-ortho nitro benzene ring substituents is 1. The Balaban J connectivity index is 2.29. The number of nitrogens with zero attached hydrogens (tertiary/aromatic N) is 2. The summed E-state index contributed by atoms with van der Waals surface area (Å²) in [5.74, 6) is -0.652. The molecule has 1 aliphatic heterocycles. The maximum atomic E-state index is 13.8. The third kappa shape index (κ3) is 2.79. The first-order chi connectivity index (χ1) is 9.40. The predicted octanol–water partition coefficient (Wildman–Crippen LogP) is 2.99. The monoisotopic (exact) mass is 280 g/mol. The van der Waals surface area contributed by atoms with Crippen molar-refractivity contribution in [3.05, 3.63) is 39.7 Å². The Bertz CT molecular complexity index is 547. The number of hydrogen-bond donors (Lipinski definition) is 0. The Morgan fingerprint density at radius 3 is 2.75 bits per heavy atom. The van der Waals surface area contributed by atoms with Crippen molar-refractivity contribution >= 4 is 11.6 Å². The van der Waals surface area contributed by atoms with Gasteiger partial charge in [-0.15, -0.1) is 0 Å². The molecule has 108 valence electrons. The van der Waals surface area contributed by atoms with Crippen molar-refractivity contribution in [1.29, 1.82) is 0 Å². The van der Waals surface area contributed by atoms with Gasteiger partial charge in [0, 0.05) is 24.7 Å². The van der Waals surface area contributed by atoms with Crippen LogP contribution in [0.5, 0.6) is 0 Å². The van der Waals surface area contributed by atoms with Gasteiger partial charge in [0.2, 0.25) is 0 Å². The lowest BCUT2D eigenvalue weighted by Gasteiger charge is -2.36. The summed E-state index contributed by atoms with van der Waals surface area (Å²) in [4.78, 5) is 24.1. The molecule has 2 unspecified atom stereocenters. The molecule has 1 amide bonds. The second-order valence-electron chi connectivity index (χ2n) is 5.40. The van der Waals surface area contributed by atoms with Crippen molar-refractivity contribution in [3.63, 3.8) is 0 Å². The van der Waals surface area contributed by atoms with Crippen molar-refractivity contribution in [1.82, 2.24) is 4.90 Å². The third-order valence-corrected chi connectivity index (χ3v) is 3.79. The zero-order valence-electron chi connectivity index (χ0n) is 11.5. The van der Waals surface area contributed by atoms with Crippen LogP contribution in [-0.4, -0.2) is 28.3 Å². The Labute approximate surface area is 116 Å². The van der Waals surface area contributed by atoms with Gasteiger partial charge in [0.15, 0.2) is 0 Å². The zero-order chi connectivity index (χ0) is 14.9. The third-order valence-electron chi connectivity index (χ3n) is 3.79. The zero-order valence-corrected chi connectivity index (χ0v) is 11.5. The number of rotatable bonds is 2. The Morgan fingerprint density at radius 2 is 2.15 bits per heavy atom. The molecular weight excluding hydrogens is 263 g/mol. The molecule has 1 aromatic carbocycles. The smallest absolute Gasteiger partial charge is 0.270 e. The average molecular weight is 280 g/mol. The van der Waals surface area contributed by atoms with Crippen LogP contribution in [0.15, 0.2) is 18.2 Å². The van der Waals surface area contributed by atoms with Crippen molar-refractivity contribution in [3.8, 4) is 0 Å². The molecule has 1 aliphatic rings. The SMILES string of the molecule is CC1CCN(C(=O)c2cc([N+](=O)[O-])ccc2F)C(C)C1. The summed E-state index contributed by atoms with van der Waals surface area (Å²) in [5, 5.41) is 10.7. The minimum atomic E-state index is -0.716. The summed E-state index contributed by atoms with van der Waals surface area (Å²) in [5.41, 5.74) is -0.492. The molecular formula is C14H17FN2O3. The van der Waals surface area contributed by atoms with E-state index in [4.69, 9.17) is 0 Å². The van der Waals surface area contributed by atoms with Crippen molar-refractivity contribution in [2.75, 3.05) is 6.54 Å². The van der Waals surface area contributed by atoms with Crippen LogP contribution in [0.1, 0.15) is 37.0 Å². The van der Waals surface area contributed by atoms with Crippen LogP contribution in [0, 0.1) is 21.8 Å². The lowest BCUT2D eigenvalue weighted by molar-refractivity contribution is -0.384. The molecule has 2 atom stereocenters. The Hall–Kier alpha value is -1.98. The largest absolute Gasteiger partial charge is 0.336 e. The van der Waals surface area contributed by atoms with E-state index in [0.717, 1.165) is 31.0 Å². The topological polar surface area (TPSA) is 63.5 Å². The summed E-state index contributed by atoms with van der Waals surface area (Å²) >= 11 is 0. The minimum absolute atomic E-state index is 0.0184. The molecule has 0 saturated carbocycles. The van der Waals surface area contributed by atoms with Gasteiger partial charge < -0.3 is 4.90 Å². The van der Waals surface area contributed by atoms with Gasteiger partial charge in [-0.25, -0.2) is 4.39 Å². The molecule has 2 rings (SSSR count). The lowest BCUT2D eigenvalue weighted by atomic mass is 9.93. The molecule has 0 N–H and O–H groups in total. The fourth-order valence-corrected chi connectivity index (χ4v) is 2.65. The van der Waals surface area contributed by atoms with Crippen molar-refractivity contribution in [2.45, 2.75) is 32.7 Å². The molecule has 0 radical (unpaired) electrons. The second kappa shape index (κ2) is 5.56. The average Bonchev–Trinajstić information content (AvgIpc) is 2.38. The molecule has 0 aromatic heterocycles. The lowest BCUT2D eigenvalue weighted by Crippen LogP contribution is -2.44. The number of nitro benzene ring substituents is 1. The first-order valence-corrected chi connectivity index (χ1v) is 6.65. The van der Waals surface area contributed by atoms with Gasteiger partial charge in [0.25, 0.3) is 11.6 Å². The van der Waals surface area contributed by atoms with E-state index in [1.165, 1.54) is 0 Å². The Morgan fingerprint density at radius 1 is 1.45 bits per heavy atom. The molecule has 0 aliphatic carbocycles. The highest BCUT2D eigenvalue weighted by atomic mass is 19.1. The summed E-state index contributed by atoms with van der Waals surface area (Å²) in [6.45, 7) is 4.60. The molecule has 1 saturated heterocycles. The maximum absolute atomic E-state index is 13.8. The predicted molar refractivity (Wildman–Crippen MR) is 72.0 cm³/mol. The molecule has 0 bridgehead atoms. The number of benzene rings is 1. The highest BCUT2D eigenvalue weighted by molar-refractivity contribution is 5.95. The highest BCUT2D eigenvalue weighted by Gasteiger charge is 2.29. The van der Waals surface area contributed by atoms with Crippen LogP contribution >= 0.6 is 0 Å². The van der Waals surface area contributed by atoms with E-state index >= 15 is 0 Å². The fraction of sp³-hybridized carbons (Fsp3) is 0.500. The van der Waals surface area contributed by atoms with E-state index in [1.54, 1.807) is 4.90 Å². The van der Waals surface area contributed by atoms with Crippen LogP contribution in [0.4, 0.5) is 10.1 Å². The quantitative estimate of drug-likeness (QED) is 0.618. The van der Waals surface area contributed by atoms with E-state index < -0.39 is 16.6 Å². The van der Waals surface area contributed by atoms with Gasteiger partial charge in [0.05, 0.1) is 10.5 Å². The Kier molecular flexibility index (Phi) is 4.01. The molecule has 6 heteroatoms. The number of hydrogen-bond acceptors (Lipinski definition) is 3. The van der Waals surface area contributed by atoms with E-state index in [2.05, 4.69) is 6.92 Å². The number of likely N-dealkylation sites (tertiary alicyclic amines) is 1. The van der Waals surface area contributed by atoms with Crippen LogP contribution in [0.2, 0.25) is 0 Å². The van der Waals surface area contributed by atoms with E-state index in [-0.39, 0.29) is 17.3 Å². The number of nitro groups is 1. The molecule has 20 heavy (non-hydrogen) atoms. The first-order valence-electron chi connectivity index (χ1n) is 6.65. The van der Waals surface area contributed by atoms with Crippen molar-refractivity contribution < 1.29 is 14.1 Å². The highest BCUT2D eigenvalue weighted by Crippen LogP contribution is 2.25. The van der Waals surface area contributed by atoms with E-state index in [1.807, 2.05) is 6.92 Å². The molecule has 1 fully saturated rings. The number of carbonyl (C=O) groups is 1. The van der Waals surface area contributed by atoms with Crippen LogP contribution in [-0.2, 0) is 0 Å². The van der Waals surface area contributed by atoms with Gasteiger partial charge in [-0.1, -0.05) is 6.92 Å². The summed E-state index contributed by atoms with van der Waals surface area (Å²) in [7, 11) is 0. The standard InChI is InChI=1S/C14H17FN2O3/c1-9-5-6-16(10(2)7-9)14(18)12-8-11(17(19)20)3-4-13(12)15/h3-4,8-10H,5-7H2,1-2H3. The van der Waals surface area contributed by atoms with Gasteiger partial charge in [-0.3, -0.25) is 14.9 Å². The number of piperidine rings is 1. The van der Waals surface area contributed by atoms with Gasteiger partial charge in [0.1, 0.15) is 5.82 Å². The fourth-order valence-electron chi connectivity index (χ4n) is 2.65. The van der Waals surface area contributed by atoms with Gasteiger partial charge in [-0.2, -0.15) is 0 Å². The van der Waals surface area contributed by atoms with Gasteiger partial charge in [-0.05, 0) is 31.7 Å². The van der Waals surface area contributed by atoms with Crippen LogP contribution < -0.4 is 0 Å². The number of amides is 1. The second-order valence-corrected chi connectivity index (χ2v) is 5.40. The van der Waals surface area contributed by atoms with Gasteiger partial charge >= 0.3 is 0 Å². The summed E-state index contributed by atoms with van der Waals surface area (Å²) < 4.78 is 13.8. The maximum Gasteiger partial charge on any atom is 0.270 e. The summed E-state index contributed by atoms with van der Waals surface area (Å²) in [6, 6.07) is 3.07. The van der Waals surface area contributed by atoms with Crippen LogP contribution in [0.3, 0.4) is 0 Å². The first kappa shape index (κ1) is 14.4. The molecule has 5 nitrogen and oxygen atoms in total. The van der Waals surface area contributed by atoms with E-state index in [0.29, 0.717) is 12.5 Å².